The molecule has 5 rings (SSSR count). The van der Waals surface area contributed by atoms with Crippen molar-refractivity contribution in [3.63, 3.8) is 0 Å². The number of carboxylic acid groups (broad SMARTS) is 1. The van der Waals surface area contributed by atoms with Crippen molar-refractivity contribution in [1.82, 2.24) is 20.2 Å². The molecular formula is C28H31F6N5O4. The summed E-state index contributed by atoms with van der Waals surface area (Å²) in [5.41, 5.74) is -2.63. The summed E-state index contributed by atoms with van der Waals surface area (Å²) in [6.45, 7) is -0.180. The number of hydrogen-bond donors (Lipinski definition) is 2. The lowest BCUT2D eigenvalue weighted by molar-refractivity contribution is -0.149. The summed E-state index contributed by atoms with van der Waals surface area (Å²) in [5, 5.41) is 12.0. The first-order chi connectivity index (χ1) is 20.2. The fraction of sp³-hybridized carbons (Fsp3) is 0.571. The highest BCUT2D eigenvalue weighted by Gasteiger charge is 2.44. The van der Waals surface area contributed by atoms with Crippen LogP contribution in [0.3, 0.4) is 0 Å². The van der Waals surface area contributed by atoms with E-state index in [0.29, 0.717) is 43.5 Å². The third-order valence-electron chi connectivity index (χ3n) is 8.19. The molecule has 2 aromatic rings. The summed E-state index contributed by atoms with van der Waals surface area (Å²) in [7, 11) is 0. The zero-order valence-corrected chi connectivity index (χ0v) is 23.1. The van der Waals surface area contributed by atoms with Crippen molar-refractivity contribution in [1.29, 1.82) is 0 Å². The topological polar surface area (TPSA) is 108 Å². The van der Waals surface area contributed by atoms with Crippen molar-refractivity contribution in [2.45, 2.75) is 75.4 Å². The number of hydrogen-bond acceptors (Lipinski definition) is 7. The van der Waals surface area contributed by atoms with Crippen LogP contribution in [-0.4, -0.2) is 75.8 Å². The van der Waals surface area contributed by atoms with E-state index in [4.69, 9.17) is 4.74 Å². The summed E-state index contributed by atoms with van der Waals surface area (Å²) in [6.07, 6.45) is -5.39. The maximum atomic E-state index is 14.1. The van der Waals surface area contributed by atoms with Crippen LogP contribution >= 0.6 is 0 Å². The van der Waals surface area contributed by atoms with Crippen LogP contribution in [0.15, 0.2) is 24.4 Å². The Bertz CT molecular complexity index is 1350. The largest absolute Gasteiger partial charge is 0.490 e. The smallest absolute Gasteiger partial charge is 0.434 e. The van der Waals surface area contributed by atoms with E-state index in [1.807, 2.05) is 0 Å². The first kappa shape index (κ1) is 30.8. The number of benzene rings is 1. The van der Waals surface area contributed by atoms with Gasteiger partial charge in [0.1, 0.15) is 17.4 Å². The number of fused-ring (bicyclic) bond motifs is 1. The molecule has 0 atom stereocenters. The molecule has 15 heteroatoms. The molecule has 9 nitrogen and oxygen atoms in total. The molecule has 0 bridgehead atoms. The Labute approximate surface area is 243 Å². The number of anilines is 2. The number of carboxylic acids is 1. The number of carbonyl (C=O) groups is 2. The van der Waals surface area contributed by atoms with Crippen molar-refractivity contribution in [3.05, 3.63) is 41.2 Å². The Morgan fingerprint density at radius 2 is 1.74 bits per heavy atom. The lowest BCUT2D eigenvalue weighted by atomic mass is 9.81. The number of alkyl halides is 6. The molecule has 43 heavy (non-hydrogen) atoms. The normalized spacial score (nSPS) is 19.6. The molecule has 1 amide bonds. The van der Waals surface area contributed by atoms with Gasteiger partial charge in [-0.05, 0) is 55.9 Å². The van der Waals surface area contributed by atoms with Gasteiger partial charge in [0.2, 0.25) is 5.95 Å². The van der Waals surface area contributed by atoms with E-state index < -0.39 is 47.6 Å². The van der Waals surface area contributed by atoms with Crippen molar-refractivity contribution < 1.29 is 45.8 Å². The number of likely N-dealkylation sites (tertiary alicyclic amines) is 1. The third-order valence-corrected chi connectivity index (χ3v) is 8.19. The third kappa shape index (κ3) is 6.97. The van der Waals surface area contributed by atoms with Gasteiger partial charge >= 0.3 is 18.3 Å². The van der Waals surface area contributed by atoms with Crippen LogP contribution < -0.4 is 15.0 Å². The Kier molecular flexibility index (Phi) is 8.47. The molecular weight excluding hydrogens is 584 g/mol. The Hall–Kier alpha value is -3.62. The predicted molar refractivity (Wildman–Crippen MR) is 141 cm³/mol. The summed E-state index contributed by atoms with van der Waals surface area (Å²) in [6, 6.07) is 5.05. The zero-order chi connectivity index (χ0) is 31.0. The number of ether oxygens (including phenoxy) is 1. The van der Waals surface area contributed by atoms with Gasteiger partial charge in [-0.2, -0.15) is 26.3 Å². The van der Waals surface area contributed by atoms with Gasteiger partial charge in [0, 0.05) is 31.5 Å². The van der Waals surface area contributed by atoms with E-state index >= 15 is 0 Å². The molecule has 1 saturated heterocycles. The summed E-state index contributed by atoms with van der Waals surface area (Å²) in [5.74, 6) is -2.25. The van der Waals surface area contributed by atoms with Crippen LogP contribution in [0, 0.1) is 0 Å². The monoisotopic (exact) mass is 615 g/mol. The number of nitrogens with one attached hydrogen (secondary N) is 1. The highest BCUT2D eigenvalue weighted by Crippen LogP contribution is 2.38. The number of carbonyl (C=O) groups excluding carboxylic acids is 1. The molecule has 3 heterocycles. The summed E-state index contributed by atoms with van der Waals surface area (Å²) >= 11 is 0. The van der Waals surface area contributed by atoms with Gasteiger partial charge < -0.3 is 20.1 Å². The average Bonchev–Trinajstić information content (AvgIpc) is 3.36. The molecule has 2 N–H and O–H groups in total. The second-order valence-corrected chi connectivity index (χ2v) is 11.2. The standard InChI is InChI=1S/C28H31F6N5O4/c29-27(30,31)16-38-11-7-18(8-12-38)43-19-4-5-21-17(14-19)6-13-39(21)25-35-15-20(22(36-25)28(32,33)34)23(40)37-26(24(41)42)9-2-1-3-10-26/h4-5,14-15,18H,1-3,6-13,16H2,(H,37,40)(H,41,42). The van der Waals surface area contributed by atoms with Crippen LogP contribution in [0.2, 0.25) is 0 Å². The zero-order valence-electron chi connectivity index (χ0n) is 23.1. The van der Waals surface area contributed by atoms with Crippen molar-refractivity contribution in [2.24, 2.45) is 0 Å². The number of amides is 1. The van der Waals surface area contributed by atoms with Gasteiger partial charge in [-0.1, -0.05) is 19.3 Å². The lowest BCUT2D eigenvalue weighted by Gasteiger charge is -2.34. The molecule has 2 aliphatic heterocycles. The Balaban J connectivity index is 1.30. The van der Waals surface area contributed by atoms with Gasteiger partial charge in [0.15, 0.2) is 5.69 Å². The SMILES string of the molecule is O=C(NC1(C(=O)O)CCCCC1)c1cnc(N2CCc3cc(OC4CCN(CC(F)(F)F)CC4)ccc32)nc1C(F)(F)F. The number of rotatable bonds is 7. The van der Waals surface area contributed by atoms with E-state index in [9.17, 15) is 41.0 Å². The Morgan fingerprint density at radius 1 is 1.05 bits per heavy atom. The minimum Gasteiger partial charge on any atom is -0.490 e. The molecule has 3 aliphatic rings. The van der Waals surface area contributed by atoms with Crippen LogP contribution in [-0.2, 0) is 17.4 Å². The van der Waals surface area contributed by atoms with Crippen molar-refractivity contribution >= 4 is 23.5 Å². The number of halogens is 6. The van der Waals surface area contributed by atoms with E-state index in [1.165, 1.54) is 9.80 Å². The van der Waals surface area contributed by atoms with Gasteiger partial charge in [-0.25, -0.2) is 14.8 Å². The fourth-order valence-electron chi connectivity index (χ4n) is 6.01. The highest BCUT2D eigenvalue weighted by molar-refractivity contribution is 5.98. The Morgan fingerprint density at radius 3 is 2.37 bits per heavy atom. The fourth-order valence-corrected chi connectivity index (χ4v) is 6.01. The molecule has 1 aliphatic carbocycles. The maximum Gasteiger partial charge on any atom is 0.434 e. The second-order valence-electron chi connectivity index (χ2n) is 11.2. The van der Waals surface area contributed by atoms with Gasteiger partial charge in [0.05, 0.1) is 12.1 Å². The highest BCUT2D eigenvalue weighted by atomic mass is 19.4. The first-order valence-electron chi connectivity index (χ1n) is 14.1. The molecule has 234 valence electrons. The quantitative estimate of drug-likeness (QED) is 0.414. The number of nitrogens with zero attached hydrogens (tertiary/aromatic N) is 4. The minimum absolute atomic E-state index is 0.113. The van der Waals surface area contributed by atoms with Crippen LogP contribution in [0.4, 0.5) is 38.0 Å². The van der Waals surface area contributed by atoms with E-state index in [-0.39, 0.29) is 44.5 Å². The van der Waals surface area contributed by atoms with Gasteiger partial charge in [0.25, 0.3) is 5.91 Å². The first-order valence-corrected chi connectivity index (χ1v) is 14.1. The number of aliphatic carboxylic acids is 1. The molecule has 1 aromatic heterocycles. The summed E-state index contributed by atoms with van der Waals surface area (Å²) in [4.78, 5) is 35.5. The molecule has 1 saturated carbocycles. The lowest BCUT2D eigenvalue weighted by Crippen LogP contribution is -2.55. The number of piperidine rings is 1. The molecule has 2 fully saturated rings. The number of aromatic nitrogens is 2. The average molecular weight is 616 g/mol. The van der Waals surface area contributed by atoms with E-state index in [2.05, 4.69) is 15.3 Å². The molecule has 0 radical (unpaired) electrons. The van der Waals surface area contributed by atoms with Crippen LogP contribution in [0.5, 0.6) is 5.75 Å². The van der Waals surface area contributed by atoms with Crippen LogP contribution in [0.1, 0.15) is 66.6 Å². The minimum atomic E-state index is -5.01. The molecule has 1 aromatic carbocycles. The van der Waals surface area contributed by atoms with E-state index in [1.54, 1.807) is 18.2 Å². The van der Waals surface area contributed by atoms with Crippen LogP contribution in [0.25, 0.3) is 0 Å². The van der Waals surface area contributed by atoms with E-state index in [0.717, 1.165) is 18.2 Å². The maximum absolute atomic E-state index is 14.1. The molecule has 0 spiro atoms. The van der Waals surface area contributed by atoms with Gasteiger partial charge in [-0.3, -0.25) is 9.69 Å². The predicted octanol–water partition coefficient (Wildman–Crippen LogP) is 5.11. The van der Waals surface area contributed by atoms with Crippen molar-refractivity contribution in [3.8, 4) is 5.75 Å². The molecule has 0 unspecified atom stereocenters. The van der Waals surface area contributed by atoms with Crippen molar-refractivity contribution in [2.75, 3.05) is 31.1 Å². The summed E-state index contributed by atoms with van der Waals surface area (Å²) < 4.78 is 86.3. The second kappa shape index (κ2) is 11.8. The van der Waals surface area contributed by atoms with Gasteiger partial charge in [-0.15, -0.1) is 0 Å².